The van der Waals surface area contributed by atoms with Crippen LogP contribution < -0.4 is 0 Å². The zero-order valence-electron chi connectivity index (χ0n) is 16.6. The van der Waals surface area contributed by atoms with Crippen LogP contribution >= 0.6 is 0 Å². The second-order valence-electron chi connectivity index (χ2n) is 8.82. The van der Waals surface area contributed by atoms with Gasteiger partial charge >= 0.3 is 0 Å². The Bertz CT molecular complexity index is 603. The molecule has 0 spiro atoms. The van der Waals surface area contributed by atoms with Crippen molar-refractivity contribution in [2.45, 2.75) is 86.0 Å². The molecule has 1 aromatic rings. The molecular weight excluding hydrogens is 312 g/mol. The van der Waals surface area contributed by atoms with Crippen LogP contribution in [0.3, 0.4) is 0 Å². The highest BCUT2D eigenvalue weighted by molar-refractivity contribution is 6.00. The Kier molecular flexibility index (Phi) is 6.65. The highest BCUT2D eigenvalue weighted by Gasteiger charge is 2.28. The summed E-state index contributed by atoms with van der Waals surface area (Å²) in [5.74, 6) is 2.05. The van der Waals surface area contributed by atoms with Crippen LogP contribution in [0.15, 0.2) is 10.7 Å². The Labute approximate surface area is 152 Å². The maximum absolute atomic E-state index is 12.5. The minimum absolute atomic E-state index is 0.128. The summed E-state index contributed by atoms with van der Waals surface area (Å²) in [5.41, 5.74) is 1.28. The molecule has 1 saturated carbocycles. The lowest BCUT2D eigenvalue weighted by Gasteiger charge is -2.24. The number of carbonyl (C=O) groups is 2. The van der Waals surface area contributed by atoms with Gasteiger partial charge in [-0.1, -0.05) is 47.0 Å². The molecule has 1 aromatic heterocycles. The molecule has 1 fully saturated rings. The minimum Gasteiger partial charge on any atom is -0.468 e. The van der Waals surface area contributed by atoms with Crippen molar-refractivity contribution in [1.29, 1.82) is 0 Å². The first-order valence-corrected chi connectivity index (χ1v) is 9.86. The highest BCUT2D eigenvalue weighted by atomic mass is 16.3. The summed E-state index contributed by atoms with van der Waals surface area (Å²) in [4.78, 5) is 24.9. The number of Topliss-reactive ketones (excluding diaryl/α,β-unsaturated/α-hetero) is 2. The van der Waals surface area contributed by atoms with Crippen molar-refractivity contribution in [1.82, 2.24) is 0 Å². The van der Waals surface area contributed by atoms with E-state index in [-0.39, 0.29) is 11.7 Å². The molecule has 0 bridgehead atoms. The lowest BCUT2D eigenvalue weighted by atomic mass is 9.79. The topological polar surface area (TPSA) is 47.3 Å². The Morgan fingerprint density at radius 3 is 2.60 bits per heavy atom. The van der Waals surface area contributed by atoms with E-state index < -0.39 is 5.41 Å². The van der Waals surface area contributed by atoms with Gasteiger partial charge in [0.1, 0.15) is 17.8 Å². The second-order valence-corrected chi connectivity index (χ2v) is 8.82. The summed E-state index contributed by atoms with van der Waals surface area (Å²) < 4.78 is 5.72. The van der Waals surface area contributed by atoms with E-state index in [4.69, 9.17) is 4.42 Å². The third kappa shape index (κ3) is 5.05. The van der Waals surface area contributed by atoms with Gasteiger partial charge in [0.2, 0.25) is 0 Å². The number of hydrogen-bond acceptors (Lipinski definition) is 3. The summed E-state index contributed by atoms with van der Waals surface area (Å²) in [7, 11) is 0. The fraction of sp³-hybridized carbons (Fsp3) is 0.727. The van der Waals surface area contributed by atoms with Crippen LogP contribution in [0.5, 0.6) is 0 Å². The monoisotopic (exact) mass is 346 g/mol. The average molecular weight is 347 g/mol. The van der Waals surface area contributed by atoms with Gasteiger partial charge in [-0.3, -0.25) is 9.59 Å². The van der Waals surface area contributed by atoms with E-state index in [0.29, 0.717) is 17.3 Å². The molecule has 3 nitrogen and oxygen atoms in total. The fourth-order valence-electron chi connectivity index (χ4n) is 3.86. The maximum Gasteiger partial charge on any atom is 0.171 e. The smallest absolute Gasteiger partial charge is 0.171 e. The molecule has 0 aromatic carbocycles. The number of furan rings is 1. The Hall–Kier alpha value is -1.38. The molecule has 0 saturated heterocycles. The largest absolute Gasteiger partial charge is 0.468 e. The molecule has 25 heavy (non-hydrogen) atoms. The molecule has 0 amide bonds. The van der Waals surface area contributed by atoms with Crippen LogP contribution in [-0.2, 0) is 11.2 Å². The average Bonchev–Trinajstić information content (AvgIpc) is 2.88. The summed E-state index contributed by atoms with van der Waals surface area (Å²) >= 11 is 0. The zero-order chi connectivity index (χ0) is 18.6. The molecule has 0 aliphatic heterocycles. The minimum atomic E-state index is -0.398. The highest BCUT2D eigenvalue weighted by Crippen LogP contribution is 2.31. The van der Waals surface area contributed by atoms with Crippen LogP contribution in [0.25, 0.3) is 0 Å². The quantitative estimate of drug-likeness (QED) is 0.621. The number of carbonyl (C=O) groups excluding carboxylic acids is 2. The lowest BCUT2D eigenvalue weighted by molar-refractivity contribution is -0.125. The van der Waals surface area contributed by atoms with Gasteiger partial charge in [0.05, 0.1) is 5.56 Å². The number of ketones is 2. The third-order valence-corrected chi connectivity index (χ3v) is 5.68. The normalized spacial score (nSPS) is 20.8. The van der Waals surface area contributed by atoms with Crippen molar-refractivity contribution in [3.05, 3.63) is 23.2 Å². The zero-order valence-corrected chi connectivity index (χ0v) is 16.6. The second kappa shape index (κ2) is 8.33. The summed E-state index contributed by atoms with van der Waals surface area (Å²) in [6, 6.07) is 0. The van der Waals surface area contributed by atoms with Crippen LogP contribution in [0, 0.1) is 24.2 Å². The van der Waals surface area contributed by atoms with E-state index in [0.717, 1.165) is 43.4 Å². The molecular formula is C22H34O3. The van der Waals surface area contributed by atoms with Crippen LogP contribution in [0.2, 0.25) is 0 Å². The van der Waals surface area contributed by atoms with Gasteiger partial charge in [-0.05, 0) is 32.1 Å². The summed E-state index contributed by atoms with van der Waals surface area (Å²) in [6.45, 7) is 9.98. The molecule has 2 atom stereocenters. The van der Waals surface area contributed by atoms with Crippen molar-refractivity contribution >= 4 is 11.6 Å². The van der Waals surface area contributed by atoms with Gasteiger partial charge in [0.25, 0.3) is 0 Å². The molecule has 3 heteroatoms. The van der Waals surface area contributed by atoms with Crippen molar-refractivity contribution in [2.75, 3.05) is 0 Å². The molecule has 0 radical (unpaired) electrons. The molecule has 1 aliphatic carbocycles. The number of hydrogen-bond donors (Lipinski definition) is 0. The van der Waals surface area contributed by atoms with E-state index in [1.54, 1.807) is 6.26 Å². The van der Waals surface area contributed by atoms with E-state index in [1.807, 2.05) is 27.7 Å². The third-order valence-electron chi connectivity index (χ3n) is 5.68. The predicted octanol–water partition coefficient (Wildman–Crippen LogP) is 5.93. The van der Waals surface area contributed by atoms with Crippen molar-refractivity contribution in [3.8, 4) is 0 Å². The van der Waals surface area contributed by atoms with E-state index in [2.05, 4.69) is 6.92 Å². The molecule has 140 valence electrons. The standard InChI is InChI=1S/C22H34O3/c1-15(17-10-8-6-7-9-11-19(17)23)12-13-20-16(2)18(14-25-20)21(24)22(3,4)5/h14-15,17H,6-13H2,1-5H3. The molecule has 0 N–H and O–H groups in total. The molecule has 1 heterocycles. The Morgan fingerprint density at radius 2 is 1.92 bits per heavy atom. The fourth-order valence-corrected chi connectivity index (χ4v) is 3.86. The van der Waals surface area contributed by atoms with E-state index in [1.165, 1.54) is 19.3 Å². The lowest BCUT2D eigenvalue weighted by Crippen LogP contribution is -2.23. The van der Waals surface area contributed by atoms with Crippen molar-refractivity contribution < 1.29 is 14.0 Å². The van der Waals surface area contributed by atoms with Crippen molar-refractivity contribution in [3.63, 3.8) is 0 Å². The number of rotatable bonds is 5. The summed E-state index contributed by atoms with van der Waals surface area (Å²) in [5, 5.41) is 0. The van der Waals surface area contributed by atoms with Gasteiger partial charge < -0.3 is 4.42 Å². The predicted molar refractivity (Wildman–Crippen MR) is 101 cm³/mol. The Morgan fingerprint density at radius 1 is 1.24 bits per heavy atom. The summed E-state index contributed by atoms with van der Waals surface area (Å²) in [6.07, 6.45) is 9.81. The van der Waals surface area contributed by atoms with Crippen molar-refractivity contribution in [2.24, 2.45) is 17.3 Å². The van der Waals surface area contributed by atoms with Gasteiger partial charge in [-0.15, -0.1) is 0 Å². The van der Waals surface area contributed by atoms with Crippen LogP contribution in [0.1, 0.15) is 94.3 Å². The SMILES string of the molecule is Cc1c(C(=O)C(C)(C)C)coc1CCC(C)C1CCCCCCC1=O. The van der Waals surface area contributed by atoms with Crippen LogP contribution in [-0.4, -0.2) is 11.6 Å². The number of aryl methyl sites for hydroxylation is 1. The van der Waals surface area contributed by atoms with Gasteiger partial charge in [0, 0.05) is 29.7 Å². The molecule has 1 aliphatic rings. The first kappa shape index (κ1) is 19.9. The van der Waals surface area contributed by atoms with Crippen LogP contribution in [0.4, 0.5) is 0 Å². The van der Waals surface area contributed by atoms with Gasteiger partial charge in [-0.2, -0.15) is 0 Å². The van der Waals surface area contributed by atoms with E-state index >= 15 is 0 Å². The van der Waals surface area contributed by atoms with Gasteiger partial charge in [-0.25, -0.2) is 0 Å². The maximum atomic E-state index is 12.5. The molecule has 2 unspecified atom stereocenters. The van der Waals surface area contributed by atoms with Gasteiger partial charge in [0.15, 0.2) is 5.78 Å². The molecule has 2 rings (SSSR count). The first-order valence-electron chi connectivity index (χ1n) is 9.86. The van der Waals surface area contributed by atoms with E-state index in [9.17, 15) is 9.59 Å². The Balaban J connectivity index is 2.00. The first-order chi connectivity index (χ1) is 11.7.